The van der Waals surface area contributed by atoms with Crippen LogP contribution in [0.15, 0.2) is 30.3 Å². The Morgan fingerprint density at radius 3 is 1.92 bits per heavy atom. The molecule has 0 unspecified atom stereocenters. The minimum Gasteiger partial charge on any atom is -0.478 e. The average molecular weight is 164 g/mol. The molecule has 0 saturated heterocycles. The predicted octanol–water partition coefficient (Wildman–Crippen LogP) is 2.25. The lowest BCUT2D eigenvalue weighted by atomic mass is 10.2. The maximum atomic E-state index is 10.2. The zero-order chi connectivity index (χ0) is 9.40. The maximum absolute atomic E-state index is 10.2. The molecule has 1 N–H and O–H groups in total. The van der Waals surface area contributed by atoms with Gasteiger partial charge in [-0.1, -0.05) is 18.2 Å². The summed E-state index contributed by atoms with van der Waals surface area (Å²) in [6, 6.07) is 8.30. The summed E-state index contributed by atoms with van der Waals surface area (Å²) in [5.74, 6) is -0.879. The van der Waals surface area contributed by atoms with Crippen molar-refractivity contribution in [2.24, 2.45) is 0 Å². The quantitative estimate of drug-likeness (QED) is 0.391. The van der Waals surface area contributed by atoms with Crippen molar-refractivity contribution < 1.29 is 9.90 Å². The van der Waals surface area contributed by atoms with Crippen LogP contribution in [0.3, 0.4) is 0 Å². The topological polar surface area (TPSA) is 96.0 Å². The molecule has 1 aromatic rings. The summed E-state index contributed by atoms with van der Waals surface area (Å²) < 4.78 is 0. The van der Waals surface area contributed by atoms with Gasteiger partial charge in [0.15, 0.2) is 0 Å². The molecule has 62 valence electrons. The minimum atomic E-state index is -0.879. The van der Waals surface area contributed by atoms with Gasteiger partial charge in [0.1, 0.15) is 0 Å². The van der Waals surface area contributed by atoms with Crippen LogP contribution >= 0.6 is 0 Å². The molecule has 0 heterocycles. The maximum Gasteiger partial charge on any atom is 0.335 e. The lowest BCUT2D eigenvalue weighted by Crippen LogP contribution is -1.93. The molecule has 0 aromatic heterocycles. The van der Waals surface area contributed by atoms with Crippen LogP contribution in [-0.4, -0.2) is 11.1 Å². The lowest BCUT2D eigenvalue weighted by Gasteiger charge is -1.88. The molecule has 0 atom stereocenters. The van der Waals surface area contributed by atoms with E-state index in [0.717, 1.165) is 0 Å². The molecule has 0 amide bonds. The number of benzene rings is 1. The minimum absolute atomic E-state index is 0.331. The second-order valence-corrected chi connectivity index (χ2v) is 1.76. The third-order valence-electron chi connectivity index (χ3n) is 1.02. The lowest BCUT2D eigenvalue weighted by molar-refractivity contribution is 0.0697. The van der Waals surface area contributed by atoms with Crippen molar-refractivity contribution in [1.29, 1.82) is 0 Å². The Labute approximate surface area is 68.7 Å². The summed E-state index contributed by atoms with van der Waals surface area (Å²) in [7, 11) is 0. The van der Waals surface area contributed by atoms with Crippen LogP contribution in [0.25, 0.3) is 16.0 Å². The van der Waals surface area contributed by atoms with E-state index in [1.165, 1.54) is 4.91 Å². The first-order valence-corrected chi connectivity index (χ1v) is 2.99. The number of carboxylic acid groups (broad SMARTS) is 1. The normalized spacial score (nSPS) is 7.33. The molecule has 0 aliphatic carbocycles. The van der Waals surface area contributed by atoms with Gasteiger partial charge in [0.2, 0.25) is 0 Å². The van der Waals surface area contributed by atoms with Gasteiger partial charge in [0.25, 0.3) is 0 Å². The molecule has 1 aromatic carbocycles. The summed E-state index contributed by atoms with van der Waals surface area (Å²) in [6.45, 7) is 0. The summed E-state index contributed by atoms with van der Waals surface area (Å²) in [5, 5.41) is 8.38. The Hall–Kier alpha value is -2.00. The number of rotatable bonds is 1. The van der Waals surface area contributed by atoms with Gasteiger partial charge in [-0.3, -0.25) is 4.91 Å². The number of carbonyl (C=O) groups is 1. The third-order valence-corrected chi connectivity index (χ3v) is 1.02. The molecule has 0 aliphatic rings. The third kappa shape index (κ3) is 3.92. The fraction of sp³-hybridized carbons (Fsp3) is 0. The SMILES string of the molecule is O=C(O)c1ccccc1.[N-]=[N+]=[N-]. The molecule has 1 rings (SSSR count). The van der Waals surface area contributed by atoms with Crippen LogP contribution in [-0.2, 0) is 0 Å². The van der Waals surface area contributed by atoms with E-state index in [1.54, 1.807) is 30.3 Å². The summed E-state index contributed by atoms with van der Waals surface area (Å²) in [4.78, 5) is 11.7. The van der Waals surface area contributed by atoms with E-state index in [4.69, 9.17) is 16.2 Å². The van der Waals surface area contributed by atoms with Gasteiger partial charge in [-0.15, -0.1) is 0 Å². The molecule has 0 saturated carbocycles. The van der Waals surface area contributed by atoms with Crippen LogP contribution in [0, 0.1) is 0 Å². The smallest absolute Gasteiger partial charge is 0.335 e. The van der Waals surface area contributed by atoms with Gasteiger partial charge in [-0.25, -0.2) is 4.79 Å². The second kappa shape index (κ2) is 5.76. The van der Waals surface area contributed by atoms with Crippen LogP contribution in [0.1, 0.15) is 10.4 Å². The van der Waals surface area contributed by atoms with Crippen LogP contribution in [0.2, 0.25) is 0 Å². The predicted molar refractivity (Wildman–Crippen MR) is 43.5 cm³/mol. The highest BCUT2D eigenvalue weighted by atomic mass is 16.4. The monoisotopic (exact) mass is 164 g/mol. The first-order valence-electron chi connectivity index (χ1n) is 2.99. The number of nitrogens with zero attached hydrogens (tertiary/aromatic N) is 3. The fourth-order valence-corrected chi connectivity index (χ4v) is 0.581. The van der Waals surface area contributed by atoms with Gasteiger partial charge in [-0.2, -0.15) is 0 Å². The van der Waals surface area contributed by atoms with Gasteiger partial charge >= 0.3 is 5.97 Å². The average Bonchev–Trinajstić information content (AvgIpc) is 2.07. The van der Waals surface area contributed by atoms with Crippen molar-refractivity contribution in [3.05, 3.63) is 51.9 Å². The Kier molecular flexibility index (Phi) is 4.80. The van der Waals surface area contributed by atoms with E-state index < -0.39 is 5.97 Å². The Morgan fingerprint density at radius 2 is 1.67 bits per heavy atom. The first kappa shape index (κ1) is 10.0. The molecule has 0 radical (unpaired) electrons. The van der Waals surface area contributed by atoms with Gasteiger partial charge in [0.05, 0.1) is 5.56 Å². The van der Waals surface area contributed by atoms with E-state index in [1.807, 2.05) is 0 Å². The molecule has 5 heteroatoms. The second-order valence-electron chi connectivity index (χ2n) is 1.76. The Balaban J connectivity index is 0.000000354. The molecule has 0 aliphatic heterocycles. The van der Waals surface area contributed by atoms with E-state index >= 15 is 0 Å². The number of hydrogen-bond acceptors (Lipinski definition) is 1. The van der Waals surface area contributed by atoms with Crippen molar-refractivity contribution in [2.45, 2.75) is 0 Å². The molecule has 12 heavy (non-hydrogen) atoms. The standard InChI is InChI=1S/C7H6O2.N3/c8-7(9)6-4-2-1-3-5-6;1-3-2/h1-5H,(H,8,9);/q;-1. The Bertz CT molecular complexity index is 278. The number of carboxylic acids is 1. The zero-order valence-corrected chi connectivity index (χ0v) is 6.08. The number of aromatic carboxylic acids is 1. The molecule has 0 fully saturated rings. The summed E-state index contributed by atoms with van der Waals surface area (Å²) >= 11 is 0. The van der Waals surface area contributed by atoms with E-state index in [0.29, 0.717) is 5.56 Å². The van der Waals surface area contributed by atoms with E-state index in [2.05, 4.69) is 0 Å². The highest BCUT2D eigenvalue weighted by Gasteiger charge is 1.96. The van der Waals surface area contributed by atoms with E-state index in [-0.39, 0.29) is 0 Å². The van der Waals surface area contributed by atoms with Gasteiger partial charge < -0.3 is 16.2 Å². The van der Waals surface area contributed by atoms with Crippen LogP contribution in [0.4, 0.5) is 0 Å². The van der Waals surface area contributed by atoms with Gasteiger partial charge in [-0.05, 0) is 12.1 Å². The number of hydrogen-bond donors (Lipinski definition) is 1. The molecule has 5 nitrogen and oxygen atoms in total. The summed E-state index contributed by atoms with van der Waals surface area (Å²) in [6.07, 6.45) is 0. The van der Waals surface area contributed by atoms with Crippen LogP contribution in [0.5, 0.6) is 0 Å². The van der Waals surface area contributed by atoms with Gasteiger partial charge in [0, 0.05) is 0 Å². The highest BCUT2D eigenvalue weighted by Crippen LogP contribution is 1.96. The molecule has 0 bridgehead atoms. The van der Waals surface area contributed by atoms with Crippen molar-refractivity contribution in [3.8, 4) is 0 Å². The first-order chi connectivity index (χ1) is 5.72. The largest absolute Gasteiger partial charge is 0.478 e. The fourth-order valence-electron chi connectivity index (χ4n) is 0.581. The van der Waals surface area contributed by atoms with Crippen LogP contribution < -0.4 is 0 Å². The Morgan fingerprint density at radius 1 is 1.25 bits per heavy atom. The summed E-state index contributed by atoms with van der Waals surface area (Å²) in [5.41, 5.74) is 13.8. The highest BCUT2D eigenvalue weighted by molar-refractivity contribution is 5.87. The molecular weight excluding hydrogens is 158 g/mol. The van der Waals surface area contributed by atoms with Crippen molar-refractivity contribution >= 4 is 5.97 Å². The van der Waals surface area contributed by atoms with Crippen molar-refractivity contribution in [2.75, 3.05) is 0 Å². The van der Waals surface area contributed by atoms with Crippen molar-refractivity contribution in [3.63, 3.8) is 0 Å². The molecular formula is C7H6N3O2-. The van der Waals surface area contributed by atoms with Crippen molar-refractivity contribution in [1.82, 2.24) is 0 Å². The molecule has 0 spiro atoms. The van der Waals surface area contributed by atoms with E-state index in [9.17, 15) is 4.79 Å². The zero-order valence-electron chi connectivity index (χ0n) is 6.08.